The first-order valence-electron chi connectivity index (χ1n) is 5.81. The second-order valence-electron chi connectivity index (χ2n) is 3.73. The van der Waals surface area contributed by atoms with E-state index in [1.54, 1.807) is 0 Å². The number of nitrogens with zero attached hydrogens (tertiary/aromatic N) is 1. The molecule has 1 aromatic rings. The van der Waals surface area contributed by atoms with Gasteiger partial charge in [0.15, 0.2) is 6.61 Å². The van der Waals surface area contributed by atoms with Crippen LogP contribution in [-0.2, 0) is 11.2 Å². The lowest BCUT2D eigenvalue weighted by Crippen LogP contribution is -2.29. The van der Waals surface area contributed by atoms with Crippen LogP contribution in [0.2, 0.25) is 0 Å². The summed E-state index contributed by atoms with van der Waals surface area (Å²) in [6.45, 7) is 0.928. The summed E-state index contributed by atoms with van der Waals surface area (Å²) < 4.78 is 5.31. The van der Waals surface area contributed by atoms with E-state index in [0.29, 0.717) is 25.3 Å². The van der Waals surface area contributed by atoms with Crippen LogP contribution in [0, 0.1) is 11.3 Å². The zero-order valence-corrected chi connectivity index (χ0v) is 10.2. The average molecular weight is 247 g/mol. The Bertz CT molecular complexity index is 409. The highest BCUT2D eigenvalue weighted by molar-refractivity contribution is 5.77. The maximum atomic E-state index is 11.3. The number of hydrogen-bond donors (Lipinski definition) is 2. The van der Waals surface area contributed by atoms with E-state index in [1.165, 1.54) is 0 Å². The van der Waals surface area contributed by atoms with Gasteiger partial charge >= 0.3 is 0 Å². The highest BCUT2D eigenvalue weighted by Crippen LogP contribution is 2.12. The number of carbonyl (C=O) groups is 1. The molecule has 1 aromatic carbocycles. The number of hydrogen-bond acceptors (Lipinski definition) is 4. The number of benzene rings is 1. The highest BCUT2D eigenvalue weighted by atomic mass is 16.5. The molecule has 0 aliphatic rings. The van der Waals surface area contributed by atoms with Crippen LogP contribution in [0.25, 0.3) is 0 Å². The summed E-state index contributed by atoms with van der Waals surface area (Å²) in [7, 11) is 0. The topological polar surface area (TPSA) is 88.1 Å². The quantitative estimate of drug-likeness (QED) is 0.690. The maximum Gasteiger partial charge on any atom is 0.257 e. The lowest BCUT2D eigenvalue weighted by molar-refractivity contribution is -0.123. The molecule has 96 valence electrons. The van der Waals surface area contributed by atoms with Crippen molar-refractivity contribution in [3.63, 3.8) is 0 Å². The number of carbonyl (C=O) groups excluding carboxylic acids is 1. The predicted octanol–water partition coefficient (Wildman–Crippen LogP) is 0.596. The molecule has 0 saturated heterocycles. The van der Waals surface area contributed by atoms with Crippen molar-refractivity contribution in [2.24, 2.45) is 5.73 Å². The molecule has 3 N–H and O–H groups in total. The van der Waals surface area contributed by atoms with E-state index < -0.39 is 0 Å². The molecule has 5 heteroatoms. The van der Waals surface area contributed by atoms with Gasteiger partial charge in [-0.05, 0) is 30.7 Å². The zero-order valence-electron chi connectivity index (χ0n) is 10.2. The van der Waals surface area contributed by atoms with E-state index >= 15 is 0 Å². The zero-order chi connectivity index (χ0) is 13.2. The van der Waals surface area contributed by atoms with Gasteiger partial charge in [0, 0.05) is 6.54 Å². The normalized spacial score (nSPS) is 9.56. The summed E-state index contributed by atoms with van der Waals surface area (Å²) in [6.07, 6.45) is 1.13. The molecule has 18 heavy (non-hydrogen) atoms. The number of amides is 1. The minimum atomic E-state index is -0.226. The first-order valence-corrected chi connectivity index (χ1v) is 5.81. The van der Waals surface area contributed by atoms with Crippen LogP contribution >= 0.6 is 0 Å². The Morgan fingerprint density at radius 1 is 1.39 bits per heavy atom. The Kier molecular flexibility index (Phi) is 6.30. The summed E-state index contributed by atoms with van der Waals surface area (Å²) in [5.74, 6) is 0.419. The third kappa shape index (κ3) is 5.32. The summed E-state index contributed by atoms with van der Waals surface area (Å²) in [6, 6.07) is 9.43. The van der Waals surface area contributed by atoms with Crippen LogP contribution in [0.1, 0.15) is 12.0 Å². The van der Waals surface area contributed by atoms with E-state index in [2.05, 4.69) is 5.32 Å². The van der Waals surface area contributed by atoms with Gasteiger partial charge in [-0.1, -0.05) is 12.1 Å². The van der Waals surface area contributed by atoms with Gasteiger partial charge in [0.1, 0.15) is 5.75 Å². The molecule has 0 atom stereocenters. The summed E-state index contributed by atoms with van der Waals surface area (Å²) >= 11 is 0. The van der Waals surface area contributed by atoms with Gasteiger partial charge in [0.2, 0.25) is 0 Å². The predicted molar refractivity (Wildman–Crippen MR) is 67.9 cm³/mol. The van der Waals surface area contributed by atoms with Crippen LogP contribution in [-0.4, -0.2) is 25.6 Å². The fraction of sp³-hybridized carbons (Fsp3) is 0.385. The van der Waals surface area contributed by atoms with Crippen LogP contribution in [0.4, 0.5) is 0 Å². The molecule has 0 bridgehead atoms. The number of nitrogens with one attached hydrogen (secondary N) is 1. The molecular formula is C13H17N3O2. The van der Waals surface area contributed by atoms with Crippen LogP contribution in [0.5, 0.6) is 5.75 Å². The van der Waals surface area contributed by atoms with Gasteiger partial charge in [-0.25, -0.2) is 0 Å². The first-order chi connectivity index (χ1) is 8.76. The van der Waals surface area contributed by atoms with E-state index in [-0.39, 0.29) is 12.5 Å². The molecule has 5 nitrogen and oxygen atoms in total. The summed E-state index contributed by atoms with van der Waals surface area (Å²) in [4.78, 5) is 11.3. The summed E-state index contributed by atoms with van der Waals surface area (Å²) in [5, 5.41) is 10.9. The third-order valence-electron chi connectivity index (χ3n) is 2.29. The Labute approximate surface area is 107 Å². The molecule has 0 fully saturated rings. The fourth-order valence-electron chi connectivity index (χ4n) is 1.38. The molecule has 0 aliphatic carbocycles. The highest BCUT2D eigenvalue weighted by Gasteiger charge is 2.01. The van der Waals surface area contributed by atoms with Crippen molar-refractivity contribution in [3.8, 4) is 11.8 Å². The van der Waals surface area contributed by atoms with Gasteiger partial charge in [-0.3, -0.25) is 4.79 Å². The lowest BCUT2D eigenvalue weighted by atomic mass is 10.1. The Balaban J connectivity index is 2.30. The van der Waals surface area contributed by atoms with Crippen molar-refractivity contribution in [2.45, 2.75) is 12.8 Å². The molecule has 0 spiro atoms. The van der Waals surface area contributed by atoms with Gasteiger partial charge in [0.05, 0.1) is 12.5 Å². The SMILES string of the molecule is N#CCCNC(=O)COc1ccc(CCN)cc1. The first kappa shape index (κ1) is 14.0. The number of nitrogens with two attached hydrogens (primary N) is 1. The van der Waals surface area contributed by atoms with Gasteiger partial charge < -0.3 is 15.8 Å². The van der Waals surface area contributed by atoms with E-state index in [4.69, 9.17) is 15.7 Å². The van der Waals surface area contributed by atoms with Crippen LogP contribution in [0.3, 0.4) is 0 Å². The second kappa shape index (κ2) is 8.09. The monoisotopic (exact) mass is 247 g/mol. The Morgan fingerprint density at radius 2 is 2.11 bits per heavy atom. The van der Waals surface area contributed by atoms with Crippen molar-refractivity contribution in [2.75, 3.05) is 19.7 Å². The number of nitriles is 1. The largest absolute Gasteiger partial charge is 0.484 e. The van der Waals surface area contributed by atoms with Gasteiger partial charge in [-0.15, -0.1) is 0 Å². The molecular weight excluding hydrogens is 230 g/mol. The minimum Gasteiger partial charge on any atom is -0.484 e. The third-order valence-corrected chi connectivity index (χ3v) is 2.29. The van der Waals surface area contributed by atoms with Gasteiger partial charge in [0.25, 0.3) is 5.91 Å². The van der Waals surface area contributed by atoms with Crippen molar-refractivity contribution in [3.05, 3.63) is 29.8 Å². The van der Waals surface area contributed by atoms with Crippen LogP contribution < -0.4 is 15.8 Å². The second-order valence-corrected chi connectivity index (χ2v) is 3.73. The summed E-state index contributed by atoms with van der Waals surface area (Å²) in [5.41, 5.74) is 6.59. The number of rotatable bonds is 7. The molecule has 0 saturated carbocycles. The van der Waals surface area contributed by atoms with Gasteiger partial charge in [-0.2, -0.15) is 5.26 Å². The van der Waals surface area contributed by atoms with E-state index in [0.717, 1.165) is 12.0 Å². The Hall–Kier alpha value is -2.06. The molecule has 0 radical (unpaired) electrons. The average Bonchev–Trinajstić information content (AvgIpc) is 2.39. The minimum absolute atomic E-state index is 0.0400. The fourth-order valence-corrected chi connectivity index (χ4v) is 1.38. The molecule has 1 rings (SSSR count). The maximum absolute atomic E-state index is 11.3. The van der Waals surface area contributed by atoms with Crippen molar-refractivity contribution in [1.29, 1.82) is 5.26 Å². The van der Waals surface area contributed by atoms with Crippen molar-refractivity contribution >= 4 is 5.91 Å². The van der Waals surface area contributed by atoms with Crippen LogP contribution in [0.15, 0.2) is 24.3 Å². The van der Waals surface area contributed by atoms with E-state index in [1.807, 2.05) is 30.3 Å². The van der Waals surface area contributed by atoms with E-state index in [9.17, 15) is 4.79 Å². The molecule has 0 unspecified atom stereocenters. The lowest BCUT2D eigenvalue weighted by Gasteiger charge is -2.07. The van der Waals surface area contributed by atoms with Crippen molar-refractivity contribution in [1.82, 2.24) is 5.32 Å². The number of ether oxygens (including phenoxy) is 1. The molecule has 0 aliphatic heterocycles. The molecule has 0 heterocycles. The molecule has 0 aromatic heterocycles. The smallest absolute Gasteiger partial charge is 0.257 e. The van der Waals surface area contributed by atoms with Crippen molar-refractivity contribution < 1.29 is 9.53 Å². The molecule has 1 amide bonds. The Morgan fingerprint density at radius 3 is 2.72 bits per heavy atom. The standard InChI is InChI=1S/C13H17N3O2/c14-7-1-9-16-13(17)10-18-12-4-2-11(3-5-12)6-8-15/h2-5H,1,6,8-10,15H2,(H,16,17).